The summed E-state index contributed by atoms with van der Waals surface area (Å²) in [5, 5.41) is 0.535. The van der Waals surface area contributed by atoms with Crippen molar-refractivity contribution in [3.63, 3.8) is 0 Å². The van der Waals surface area contributed by atoms with Crippen LogP contribution in [0.15, 0.2) is 77.7 Å². The van der Waals surface area contributed by atoms with Gasteiger partial charge in [-0.1, -0.05) is 53.6 Å². The zero-order valence-electron chi connectivity index (χ0n) is 16.6. The van der Waals surface area contributed by atoms with Gasteiger partial charge in [0.25, 0.3) is 0 Å². The van der Waals surface area contributed by atoms with Crippen LogP contribution in [0.2, 0.25) is 5.02 Å². The minimum absolute atomic E-state index is 0.139. The van der Waals surface area contributed by atoms with Gasteiger partial charge in [0, 0.05) is 18.2 Å². The Kier molecular flexibility index (Phi) is 4.33. The molecule has 0 radical (unpaired) electrons. The fraction of sp³-hybridized carbons (Fsp3) is 0.0833. The van der Waals surface area contributed by atoms with E-state index in [9.17, 15) is 4.79 Å². The molecule has 148 valence electrons. The second-order valence-corrected chi connectivity index (χ2v) is 7.75. The number of nitrogens with zero attached hydrogens (tertiary/aromatic N) is 3. The minimum Gasteiger partial charge on any atom is -0.338 e. The normalized spacial score (nSPS) is 11.3. The zero-order valence-corrected chi connectivity index (χ0v) is 17.3. The molecule has 0 aliphatic rings. The maximum absolute atomic E-state index is 13.0. The van der Waals surface area contributed by atoms with E-state index in [4.69, 9.17) is 11.6 Å². The van der Waals surface area contributed by atoms with E-state index >= 15 is 0 Å². The molecule has 2 heterocycles. The summed E-state index contributed by atoms with van der Waals surface area (Å²) in [5.41, 5.74) is 6.24. The highest BCUT2D eigenvalue weighted by Gasteiger charge is 2.16. The molecule has 0 atom stereocenters. The molecule has 5 aromatic rings. The lowest BCUT2D eigenvalue weighted by atomic mass is 10.1. The second kappa shape index (κ2) is 7.04. The monoisotopic (exact) mass is 414 g/mol. The Morgan fingerprint density at radius 2 is 1.77 bits per heavy atom. The van der Waals surface area contributed by atoms with E-state index in [2.05, 4.69) is 29.0 Å². The van der Waals surface area contributed by atoms with Crippen LogP contribution in [0.1, 0.15) is 5.56 Å². The number of halogens is 1. The molecule has 1 N–H and O–H groups in total. The van der Waals surface area contributed by atoms with Crippen molar-refractivity contribution in [1.82, 2.24) is 19.1 Å². The molecule has 0 saturated heterocycles. The third-order valence-corrected chi connectivity index (χ3v) is 5.65. The van der Waals surface area contributed by atoms with Crippen LogP contribution in [0.4, 0.5) is 0 Å². The number of nitrogens with one attached hydrogen (secondary N) is 1. The number of hydrogen-bond donors (Lipinski definition) is 1. The van der Waals surface area contributed by atoms with Gasteiger partial charge in [-0.05, 0) is 37.3 Å². The summed E-state index contributed by atoms with van der Waals surface area (Å²) in [6.45, 7) is 2.06. The average molecular weight is 415 g/mol. The number of rotatable bonds is 3. The van der Waals surface area contributed by atoms with E-state index in [1.54, 1.807) is 22.2 Å². The van der Waals surface area contributed by atoms with E-state index in [1.165, 1.54) is 5.56 Å². The van der Waals surface area contributed by atoms with Gasteiger partial charge in [0.05, 0.1) is 33.6 Å². The summed E-state index contributed by atoms with van der Waals surface area (Å²) in [7, 11) is 1.77. The molecule has 0 spiro atoms. The molecule has 2 aromatic heterocycles. The first kappa shape index (κ1) is 18.5. The summed E-state index contributed by atoms with van der Waals surface area (Å²) in [5.74, 6) is 0.816. The summed E-state index contributed by atoms with van der Waals surface area (Å²) in [6.07, 6.45) is 1.82. The van der Waals surface area contributed by atoms with Gasteiger partial charge >= 0.3 is 5.69 Å². The number of aromatic nitrogens is 4. The molecule has 0 aliphatic heterocycles. The fourth-order valence-electron chi connectivity index (χ4n) is 3.78. The zero-order chi connectivity index (χ0) is 20.8. The largest absolute Gasteiger partial charge is 0.338 e. The molecule has 5 rings (SSSR count). The van der Waals surface area contributed by atoms with Crippen LogP contribution < -0.4 is 5.69 Å². The molecule has 0 saturated carbocycles. The van der Waals surface area contributed by atoms with Crippen LogP contribution in [0, 0.1) is 6.92 Å². The van der Waals surface area contributed by atoms with Crippen molar-refractivity contribution < 1.29 is 0 Å². The maximum Gasteiger partial charge on any atom is 0.333 e. The van der Waals surface area contributed by atoms with Gasteiger partial charge in [-0.3, -0.25) is 9.13 Å². The molecule has 0 bridgehead atoms. The number of H-pyrrole nitrogens is 1. The second-order valence-electron chi connectivity index (χ2n) is 7.35. The Morgan fingerprint density at radius 3 is 2.57 bits per heavy atom. The van der Waals surface area contributed by atoms with Crippen molar-refractivity contribution >= 4 is 22.6 Å². The number of aromatic amines is 1. The Labute approximate surface area is 178 Å². The van der Waals surface area contributed by atoms with Crippen molar-refractivity contribution in [3.05, 3.63) is 94.0 Å². The van der Waals surface area contributed by atoms with Crippen LogP contribution in [0.5, 0.6) is 0 Å². The van der Waals surface area contributed by atoms with Crippen molar-refractivity contribution in [2.24, 2.45) is 7.05 Å². The van der Waals surface area contributed by atoms with Crippen LogP contribution >= 0.6 is 11.6 Å². The predicted molar refractivity (Wildman–Crippen MR) is 121 cm³/mol. The number of hydrogen-bond acceptors (Lipinski definition) is 2. The first-order valence-electron chi connectivity index (χ1n) is 9.62. The number of imidazole rings is 2. The summed E-state index contributed by atoms with van der Waals surface area (Å²) in [4.78, 5) is 20.9. The molecular weight excluding hydrogens is 396 g/mol. The molecule has 0 amide bonds. The fourth-order valence-corrected chi connectivity index (χ4v) is 4.00. The van der Waals surface area contributed by atoms with Crippen LogP contribution in [0.25, 0.3) is 39.4 Å². The molecule has 3 aromatic carbocycles. The molecular formula is C24H19ClN4O. The number of para-hydroxylation sites is 1. The molecule has 0 unspecified atom stereocenters. The van der Waals surface area contributed by atoms with Crippen molar-refractivity contribution in [1.29, 1.82) is 0 Å². The third kappa shape index (κ3) is 2.95. The first-order valence-corrected chi connectivity index (χ1v) is 9.99. The van der Waals surface area contributed by atoms with Gasteiger partial charge in [-0.15, -0.1) is 0 Å². The quantitative estimate of drug-likeness (QED) is 0.432. The third-order valence-electron chi connectivity index (χ3n) is 5.33. The smallest absolute Gasteiger partial charge is 0.333 e. The van der Waals surface area contributed by atoms with Crippen molar-refractivity contribution in [3.8, 4) is 28.3 Å². The Morgan fingerprint density at radius 1 is 0.933 bits per heavy atom. The summed E-state index contributed by atoms with van der Waals surface area (Å²) in [6, 6.07) is 21.5. The first-order chi connectivity index (χ1) is 14.5. The SMILES string of the molecule is Cc1cccc(-c2ncc(-c3ccc4c(c3)n(C)c(=O)n4-c3ccccc3Cl)[nH]2)c1. The van der Waals surface area contributed by atoms with Crippen LogP contribution in [-0.2, 0) is 7.05 Å². The predicted octanol–water partition coefficient (Wildman–Crippen LogP) is 5.35. The highest BCUT2D eigenvalue weighted by atomic mass is 35.5. The highest BCUT2D eigenvalue weighted by Crippen LogP contribution is 2.28. The molecule has 5 nitrogen and oxygen atoms in total. The number of benzene rings is 3. The topological polar surface area (TPSA) is 55.6 Å². The Bertz CT molecular complexity index is 1460. The van der Waals surface area contributed by atoms with Crippen molar-refractivity contribution in [2.45, 2.75) is 6.92 Å². The van der Waals surface area contributed by atoms with E-state index in [0.29, 0.717) is 10.7 Å². The maximum atomic E-state index is 13.0. The van der Waals surface area contributed by atoms with Crippen LogP contribution in [-0.4, -0.2) is 19.1 Å². The van der Waals surface area contributed by atoms with Crippen LogP contribution in [0.3, 0.4) is 0 Å². The Balaban J connectivity index is 1.63. The molecule has 0 fully saturated rings. The minimum atomic E-state index is -0.139. The summed E-state index contributed by atoms with van der Waals surface area (Å²) >= 11 is 6.36. The van der Waals surface area contributed by atoms with Gasteiger partial charge < -0.3 is 4.98 Å². The molecule has 30 heavy (non-hydrogen) atoms. The molecule has 0 aliphatic carbocycles. The van der Waals surface area contributed by atoms with Gasteiger partial charge in [0.1, 0.15) is 5.82 Å². The molecule has 6 heteroatoms. The van der Waals surface area contributed by atoms with E-state index in [-0.39, 0.29) is 5.69 Å². The lowest BCUT2D eigenvalue weighted by Gasteiger charge is -2.06. The van der Waals surface area contributed by atoms with E-state index < -0.39 is 0 Å². The van der Waals surface area contributed by atoms with E-state index in [1.807, 2.05) is 54.7 Å². The number of fused-ring (bicyclic) bond motifs is 1. The lowest BCUT2D eigenvalue weighted by molar-refractivity contribution is 0.846. The van der Waals surface area contributed by atoms with E-state index in [0.717, 1.165) is 33.7 Å². The van der Waals surface area contributed by atoms with Gasteiger partial charge in [-0.25, -0.2) is 9.78 Å². The number of aryl methyl sites for hydroxylation is 2. The summed E-state index contributed by atoms with van der Waals surface area (Å²) < 4.78 is 3.28. The Hall–Kier alpha value is -3.57. The van der Waals surface area contributed by atoms with Gasteiger partial charge in [0.2, 0.25) is 0 Å². The van der Waals surface area contributed by atoms with Gasteiger partial charge in [-0.2, -0.15) is 0 Å². The lowest BCUT2D eigenvalue weighted by Crippen LogP contribution is -2.21. The average Bonchev–Trinajstić information content (AvgIpc) is 3.33. The van der Waals surface area contributed by atoms with Crippen molar-refractivity contribution in [2.75, 3.05) is 0 Å². The standard InChI is InChI=1S/C24H19ClN4O/c1-15-6-5-7-17(12-15)23-26-14-19(27-23)16-10-11-21-22(13-16)28(2)24(30)29(21)20-9-4-3-8-18(20)25/h3-14H,1-2H3,(H,26,27). The highest BCUT2D eigenvalue weighted by molar-refractivity contribution is 6.32. The van der Waals surface area contributed by atoms with Gasteiger partial charge in [0.15, 0.2) is 0 Å².